The third kappa shape index (κ3) is 1.87. The molecule has 2 atom stereocenters. The molecule has 1 aliphatic rings. The molecule has 0 saturated heterocycles. The van der Waals surface area contributed by atoms with Gasteiger partial charge in [0, 0.05) is 16.5 Å². The molecule has 1 fully saturated rings. The van der Waals surface area contributed by atoms with Crippen LogP contribution < -0.4 is 4.74 Å². The summed E-state index contributed by atoms with van der Waals surface area (Å²) in [5.74, 6) is -0.205. The van der Waals surface area contributed by atoms with E-state index < -0.39 is 5.97 Å². The monoisotopic (exact) mass is 268 g/mol. The van der Waals surface area contributed by atoms with Gasteiger partial charge in [-0.2, -0.15) is 0 Å². The molecule has 0 amide bonds. The highest BCUT2D eigenvalue weighted by Crippen LogP contribution is 2.54. The lowest BCUT2D eigenvalue weighted by molar-refractivity contribution is -0.138. The van der Waals surface area contributed by atoms with Crippen molar-refractivity contribution >= 4 is 17.6 Å². The van der Waals surface area contributed by atoms with Crippen molar-refractivity contribution in [2.45, 2.75) is 33.1 Å². The fraction of sp³-hybridized carbons (Fsp3) is 0.500. The van der Waals surface area contributed by atoms with Crippen LogP contribution in [0.25, 0.3) is 0 Å². The maximum Gasteiger partial charge on any atom is 0.307 e. The molecule has 1 N–H and O–H groups in total. The van der Waals surface area contributed by atoms with Gasteiger partial charge in [0.2, 0.25) is 0 Å². The van der Waals surface area contributed by atoms with E-state index in [1.54, 1.807) is 7.11 Å². The molecule has 1 saturated carbocycles. The standard InChI is InChI=1S/C14H17ClO3/c1-6-7(2)13(18-4)11(8(3)12(6)15)9-5-10(9)14(16)17/h9-10H,5H2,1-4H3,(H,16,17). The van der Waals surface area contributed by atoms with Gasteiger partial charge in [0.05, 0.1) is 13.0 Å². The van der Waals surface area contributed by atoms with Gasteiger partial charge in [-0.05, 0) is 43.9 Å². The van der Waals surface area contributed by atoms with Crippen LogP contribution in [0.1, 0.15) is 34.6 Å². The van der Waals surface area contributed by atoms with Gasteiger partial charge in [-0.3, -0.25) is 4.79 Å². The molecule has 1 aliphatic carbocycles. The summed E-state index contributed by atoms with van der Waals surface area (Å²) in [7, 11) is 1.62. The van der Waals surface area contributed by atoms with Crippen molar-refractivity contribution < 1.29 is 14.6 Å². The molecule has 18 heavy (non-hydrogen) atoms. The van der Waals surface area contributed by atoms with Crippen molar-refractivity contribution in [2.24, 2.45) is 5.92 Å². The molecular weight excluding hydrogens is 252 g/mol. The third-order valence-corrected chi connectivity index (χ3v) is 4.46. The molecule has 0 aliphatic heterocycles. The molecule has 3 nitrogen and oxygen atoms in total. The van der Waals surface area contributed by atoms with E-state index in [1.807, 2.05) is 20.8 Å². The summed E-state index contributed by atoms with van der Waals surface area (Å²) in [4.78, 5) is 11.0. The van der Waals surface area contributed by atoms with Crippen LogP contribution in [-0.2, 0) is 4.79 Å². The fourth-order valence-electron chi connectivity index (χ4n) is 2.60. The molecule has 1 aromatic carbocycles. The number of carboxylic acid groups (broad SMARTS) is 1. The van der Waals surface area contributed by atoms with E-state index >= 15 is 0 Å². The zero-order chi connectivity index (χ0) is 13.6. The Bertz CT molecular complexity index is 523. The Morgan fingerprint density at radius 2 is 1.89 bits per heavy atom. The second-order valence-electron chi connectivity index (χ2n) is 4.92. The van der Waals surface area contributed by atoms with Crippen LogP contribution >= 0.6 is 11.6 Å². The number of ether oxygens (including phenoxy) is 1. The van der Waals surface area contributed by atoms with Crippen molar-refractivity contribution in [3.05, 3.63) is 27.3 Å². The van der Waals surface area contributed by atoms with Gasteiger partial charge in [0.15, 0.2) is 0 Å². The zero-order valence-electron chi connectivity index (χ0n) is 11.0. The van der Waals surface area contributed by atoms with E-state index in [-0.39, 0.29) is 11.8 Å². The van der Waals surface area contributed by atoms with Gasteiger partial charge in [0.25, 0.3) is 0 Å². The van der Waals surface area contributed by atoms with E-state index in [0.29, 0.717) is 6.42 Å². The van der Waals surface area contributed by atoms with E-state index in [2.05, 4.69) is 0 Å². The minimum atomic E-state index is -0.740. The van der Waals surface area contributed by atoms with Gasteiger partial charge in [-0.25, -0.2) is 0 Å². The average molecular weight is 269 g/mol. The maximum absolute atomic E-state index is 11.0. The number of halogens is 1. The Hall–Kier alpha value is -1.22. The van der Waals surface area contributed by atoms with Crippen molar-refractivity contribution in [1.82, 2.24) is 0 Å². The summed E-state index contributed by atoms with van der Waals surface area (Å²) in [6.45, 7) is 5.85. The smallest absolute Gasteiger partial charge is 0.307 e. The highest BCUT2D eigenvalue weighted by molar-refractivity contribution is 6.32. The molecule has 0 heterocycles. The van der Waals surface area contributed by atoms with Crippen LogP contribution in [0.4, 0.5) is 0 Å². The van der Waals surface area contributed by atoms with Gasteiger partial charge < -0.3 is 9.84 Å². The summed E-state index contributed by atoms with van der Waals surface area (Å²) >= 11 is 6.31. The van der Waals surface area contributed by atoms with Gasteiger partial charge in [0.1, 0.15) is 5.75 Å². The van der Waals surface area contributed by atoms with E-state index in [1.165, 1.54) is 0 Å². The van der Waals surface area contributed by atoms with Gasteiger partial charge >= 0.3 is 5.97 Å². The lowest BCUT2D eigenvalue weighted by Crippen LogP contribution is -2.04. The molecule has 0 radical (unpaired) electrons. The lowest BCUT2D eigenvalue weighted by Gasteiger charge is -2.18. The fourth-order valence-corrected chi connectivity index (χ4v) is 2.85. The first-order valence-corrected chi connectivity index (χ1v) is 6.33. The largest absolute Gasteiger partial charge is 0.496 e. The predicted octanol–water partition coefficient (Wildman–Crippen LogP) is 3.46. The van der Waals surface area contributed by atoms with Crippen LogP contribution in [0.15, 0.2) is 0 Å². The van der Waals surface area contributed by atoms with E-state index in [0.717, 1.165) is 33.0 Å². The normalized spacial score (nSPS) is 21.8. The van der Waals surface area contributed by atoms with Crippen LogP contribution in [0.3, 0.4) is 0 Å². The second kappa shape index (κ2) is 4.47. The summed E-state index contributed by atoms with van der Waals surface area (Å²) in [5, 5.41) is 9.78. The molecule has 0 aromatic heterocycles. The number of hydrogen-bond acceptors (Lipinski definition) is 2. The van der Waals surface area contributed by atoms with Crippen molar-refractivity contribution in [1.29, 1.82) is 0 Å². The Morgan fingerprint density at radius 3 is 2.33 bits per heavy atom. The molecule has 0 spiro atoms. The topological polar surface area (TPSA) is 46.5 Å². The van der Waals surface area contributed by atoms with Gasteiger partial charge in [-0.1, -0.05) is 11.6 Å². The van der Waals surface area contributed by atoms with E-state index in [9.17, 15) is 4.79 Å². The molecule has 2 unspecified atom stereocenters. The number of methoxy groups -OCH3 is 1. The van der Waals surface area contributed by atoms with Crippen LogP contribution in [0.5, 0.6) is 5.75 Å². The third-order valence-electron chi connectivity index (χ3n) is 3.89. The zero-order valence-corrected chi connectivity index (χ0v) is 11.8. The summed E-state index contributed by atoms with van der Waals surface area (Å²) in [6.07, 6.45) is 0.672. The first kappa shape index (κ1) is 13.2. The number of carboxylic acids is 1. The van der Waals surface area contributed by atoms with Crippen LogP contribution in [0.2, 0.25) is 5.02 Å². The summed E-state index contributed by atoms with van der Waals surface area (Å²) in [5.41, 5.74) is 3.92. The van der Waals surface area contributed by atoms with Gasteiger partial charge in [-0.15, -0.1) is 0 Å². The second-order valence-corrected chi connectivity index (χ2v) is 5.30. The Labute approximate surface area is 112 Å². The van der Waals surface area contributed by atoms with Crippen LogP contribution in [-0.4, -0.2) is 18.2 Å². The Kier molecular flexibility index (Phi) is 3.28. The average Bonchev–Trinajstić information content (AvgIpc) is 3.10. The number of rotatable bonds is 3. The minimum Gasteiger partial charge on any atom is -0.496 e. The molecule has 2 rings (SSSR count). The lowest BCUT2D eigenvalue weighted by atomic mass is 9.95. The maximum atomic E-state index is 11.0. The highest BCUT2D eigenvalue weighted by atomic mass is 35.5. The van der Waals surface area contributed by atoms with Crippen LogP contribution in [0, 0.1) is 26.7 Å². The minimum absolute atomic E-state index is 0.0363. The van der Waals surface area contributed by atoms with E-state index in [4.69, 9.17) is 21.4 Å². The number of aliphatic carboxylic acids is 1. The Balaban J connectivity index is 2.57. The Morgan fingerprint density at radius 1 is 1.28 bits per heavy atom. The number of carbonyl (C=O) groups is 1. The van der Waals surface area contributed by atoms with Crippen molar-refractivity contribution in [3.63, 3.8) is 0 Å². The van der Waals surface area contributed by atoms with Crippen molar-refractivity contribution in [3.8, 4) is 5.75 Å². The predicted molar refractivity (Wildman–Crippen MR) is 70.7 cm³/mol. The first-order valence-electron chi connectivity index (χ1n) is 5.96. The van der Waals surface area contributed by atoms with Crippen molar-refractivity contribution in [2.75, 3.05) is 7.11 Å². The molecule has 0 bridgehead atoms. The molecular formula is C14H17ClO3. The highest BCUT2D eigenvalue weighted by Gasteiger charge is 2.47. The molecule has 98 valence electrons. The SMILES string of the molecule is COc1c(C)c(C)c(Cl)c(C)c1C1CC1C(=O)O. The summed E-state index contributed by atoms with van der Waals surface area (Å²) in [6, 6.07) is 0. The summed E-state index contributed by atoms with van der Waals surface area (Å²) < 4.78 is 5.47. The first-order chi connectivity index (χ1) is 8.40. The molecule has 1 aromatic rings. The molecule has 4 heteroatoms. The number of hydrogen-bond donors (Lipinski definition) is 1. The number of benzene rings is 1. The quantitative estimate of drug-likeness (QED) is 0.913.